The van der Waals surface area contributed by atoms with Gasteiger partial charge in [0.1, 0.15) is 11.8 Å². The molecule has 4 rings (SSSR count). The average Bonchev–Trinajstić information content (AvgIpc) is 3.35. The van der Waals surface area contributed by atoms with E-state index in [0.717, 1.165) is 16.8 Å². The van der Waals surface area contributed by atoms with Gasteiger partial charge in [0, 0.05) is 30.8 Å². The van der Waals surface area contributed by atoms with Gasteiger partial charge in [-0.15, -0.1) is 0 Å². The van der Waals surface area contributed by atoms with Crippen LogP contribution in [-0.4, -0.2) is 38.8 Å². The maximum absolute atomic E-state index is 12.7. The molecule has 1 amide bonds. The third-order valence-corrected chi connectivity index (χ3v) is 6.32. The lowest BCUT2D eigenvalue weighted by atomic mass is 9.86. The summed E-state index contributed by atoms with van der Waals surface area (Å²) in [6.45, 7) is 6.24. The van der Waals surface area contributed by atoms with Crippen molar-refractivity contribution < 1.29 is 24.2 Å². The number of carboxylic acid groups (broad SMARTS) is 1. The zero-order valence-corrected chi connectivity index (χ0v) is 22.3. The molecule has 1 atom stereocenters. The van der Waals surface area contributed by atoms with Gasteiger partial charge in [-0.1, -0.05) is 57.2 Å². The van der Waals surface area contributed by atoms with Crippen LogP contribution in [0.2, 0.25) is 0 Å². The van der Waals surface area contributed by atoms with Crippen LogP contribution in [-0.2, 0) is 23.7 Å². The lowest BCUT2D eigenvalue weighted by Crippen LogP contribution is -2.42. The molecule has 0 spiro atoms. The Bertz CT molecular complexity index is 1460. The molecule has 0 aliphatic heterocycles. The molecule has 1 unspecified atom stereocenters. The number of aromatic nitrogens is 2. The summed E-state index contributed by atoms with van der Waals surface area (Å²) in [4.78, 5) is 37.1. The van der Waals surface area contributed by atoms with Crippen LogP contribution < -0.4 is 10.1 Å². The number of hydrogen-bond acceptors (Lipinski definition) is 5. The summed E-state index contributed by atoms with van der Waals surface area (Å²) in [6.07, 6.45) is 1.92. The predicted octanol–water partition coefficient (Wildman–Crippen LogP) is 5.03. The van der Waals surface area contributed by atoms with Gasteiger partial charge >= 0.3 is 11.9 Å². The van der Waals surface area contributed by atoms with Crippen molar-refractivity contribution in [1.29, 1.82) is 0 Å². The van der Waals surface area contributed by atoms with Crippen LogP contribution in [0.25, 0.3) is 11.3 Å². The number of ether oxygens (including phenoxy) is 1. The predicted molar refractivity (Wildman–Crippen MR) is 148 cm³/mol. The summed E-state index contributed by atoms with van der Waals surface area (Å²) >= 11 is 0. The third kappa shape index (κ3) is 6.98. The van der Waals surface area contributed by atoms with E-state index in [1.54, 1.807) is 65.3 Å². The average molecular weight is 526 g/mol. The van der Waals surface area contributed by atoms with E-state index in [4.69, 9.17) is 4.74 Å². The van der Waals surface area contributed by atoms with Crippen molar-refractivity contribution in [2.45, 2.75) is 38.6 Å². The van der Waals surface area contributed by atoms with Crippen LogP contribution >= 0.6 is 0 Å². The largest absolute Gasteiger partial charge is 0.480 e. The van der Waals surface area contributed by atoms with E-state index < -0.39 is 23.9 Å². The van der Waals surface area contributed by atoms with Crippen molar-refractivity contribution in [3.63, 3.8) is 0 Å². The number of rotatable bonds is 8. The van der Waals surface area contributed by atoms with Crippen molar-refractivity contribution in [3.05, 3.63) is 107 Å². The Morgan fingerprint density at radius 2 is 1.51 bits per heavy atom. The molecule has 3 aromatic carbocycles. The minimum absolute atomic E-state index is 0.0518. The molecule has 39 heavy (non-hydrogen) atoms. The zero-order chi connectivity index (χ0) is 28.2. The number of hydrogen-bond donors (Lipinski definition) is 2. The summed E-state index contributed by atoms with van der Waals surface area (Å²) in [5.74, 6) is -1.78. The summed E-state index contributed by atoms with van der Waals surface area (Å²) in [6, 6.07) is 21.4. The number of nitrogens with zero attached hydrogens (tertiary/aromatic N) is 2. The summed E-state index contributed by atoms with van der Waals surface area (Å²) in [5.41, 5.74) is 4.18. The fourth-order valence-electron chi connectivity index (χ4n) is 4.00. The molecule has 0 aliphatic carbocycles. The van der Waals surface area contributed by atoms with E-state index in [0.29, 0.717) is 22.4 Å². The highest BCUT2D eigenvalue weighted by Crippen LogP contribution is 2.23. The molecule has 0 saturated heterocycles. The minimum atomic E-state index is -1.14. The maximum atomic E-state index is 12.7. The molecule has 8 heteroatoms. The molecule has 1 aromatic heterocycles. The molecule has 0 radical (unpaired) electrons. The summed E-state index contributed by atoms with van der Waals surface area (Å²) in [5, 5.41) is 16.6. The molecule has 200 valence electrons. The lowest BCUT2D eigenvalue weighted by molar-refractivity contribution is -0.139. The highest BCUT2D eigenvalue weighted by atomic mass is 16.5. The van der Waals surface area contributed by atoms with Crippen molar-refractivity contribution >= 4 is 17.8 Å². The Morgan fingerprint density at radius 3 is 2.05 bits per heavy atom. The van der Waals surface area contributed by atoms with E-state index >= 15 is 0 Å². The molecular weight excluding hydrogens is 494 g/mol. The molecule has 0 aliphatic rings. The SMILES string of the molecule is Cn1ccc(-c2ccc(C(=O)Oc3ccc(CC(NC(=O)c4ccc(C(C)(C)C)cc4)C(=O)O)cc3)cc2)n1. The topological polar surface area (TPSA) is 111 Å². The number of nitrogens with one attached hydrogen (secondary N) is 1. The summed E-state index contributed by atoms with van der Waals surface area (Å²) in [7, 11) is 1.84. The highest BCUT2D eigenvalue weighted by Gasteiger charge is 2.22. The van der Waals surface area contributed by atoms with Crippen LogP contribution in [0.1, 0.15) is 52.6 Å². The van der Waals surface area contributed by atoms with Gasteiger partial charge in [-0.25, -0.2) is 9.59 Å². The Labute approximate surface area is 227 Å². The van der Waals surface area contributed by atoms with E-state index in [1.807, 2.05) is 31.4 Å². The van der Waals surface area contributed by atoms with Crippen molar-refractivity contribution in [1.82, 2.24) is 15.1 Å². The molecule has 1 heterocycles. The molecule has 2 N–H and O–H groups in total. The molecule has 0 fully saturated rings. The smallest absolute Gasteiger partial charge is 0.343 e. The van der Waals surface area contributed by atoms with Gasteiger partial charge in [0.05, 0.1) is 11.3 Å². The van der Waals surface area contributed by atoms with Crippen molar-refractivity contribution in [2.24, 2.45) is 7.05 Å². The highest BCUT2D eigenvalue weighted by molar-refractivity contribution is 5.96. The first-order chi connectivity index (χ1) is 18.5. The second-order valence-electron chi connectivity index (χ2n) is 10.4. The van der Waals surface area contributed by atoms with Gasteiger partial charge in [-0.2, -0.15) is 5.10 Å². The molecule has 0 bridgehead atoms. The van der Waals surface area contributed by atoms with E-state index in [-0.39, 0.29) is 11.8 Å². The lowest BCUT2D eigenvalue weighted by Gasteiger charge is -2.19. The first-order valence-electron chi connectivity index (χ1n) is 12.5. The monoisotopic (exact) mass is 525 g/mol. The van der Waals surface area contributed by atoms with Crippen LogP contribution in [0, 0.1) is 0 Å². The molecule has 0 saturated carbocycles. The minimum Gasteiger partial charge on any atom is -0.480 e. The van der Waals surface area contributed by atoms with Gasteiger partial charge in [-0.3, -0.25) is 9.48 Å². The van der Waals surface area contributed by atoms with Gasteiger partial charge in [0.2, 0.25) is 0 Å². The van der Waals surface area contributed by atoms with E-state index in [2.05, 4.69) is 31.2 Å². The number of aryl methyl sites for hydroxylation is 1. The zero-order valence-electron chi connectivity index (χ0n) is 22.3. The second-order valence-corrected chi connectivity index (χ2v) is 10.4. The van der Waals surface area contributed by atoms with Gasteiger partial charge in [0.25, 0.3) is 5.91 Å². The van der Waals surface area contributed by atoms with Crippen LogP contribution in [0.15, 0.2) is 85.1 Å². The number of carbonyl (C=O) groups is 3. The Hall–Kier alpha value is -4.72. The first kappa shape index (κ1) is 27.3. The number of carbonyl (C=O) groups excluding carboxylic acids is 2. The number of benzene rings is 3. The number of amides is 1. The molecular formula is C31H31N3O5. The first-order valence-corrected chi connectivity index (χ1v) is 12.5. The quantitative estimate of drug-likeness (QED) is 0.247. The molecule has 4 aromatic rings. The van der Waals surface area contributed by atoms with Gasteiger partial charge < -0.3 is 15.2 Å². The number of aliphatic carboxylic acids is 1. The summed E-state index contributed by atoms with van der Waals surface area (Å²) < 4.78 is 7.18. The van der Waals surface area contributed by atoms with Crippen LogP contribution in [0.4, 0.5) is 0 Å². The number of esters is 1. The molecule has 8 nitrogen and oxygen atoms in total. The Kier molecular flexibility index (Phi) is 7.95. The number of carboxylic acids is 1. The van der Waals surface area contributed by atoms with Crippen molar-refractivity contribution in [3.8, 4) is 17.0 Å². The fourth-order valence-corrected chi connectivity index (χ4v) is 4.00. The Morgan fingerprint density at radius 1 is 0.897 bits per heavy atom. The maximum Gasteiger partial charge on any atom is 0.343 e. The third-order valence-electron chi connectivity index (χ3n) is 6.32. The van der Waals surface area contributed by atoms with Crippen molar-refractivity contribution in [2.75, 3.05) is 0 Å². The van der Waals surface area contributed by atoms with Crippen LogP contribution in [0.3, 0.4) is 0 Å². The Balaban J connectivity index is 1.35. The second kappa shape index (κ2) is 11.3. The van der Waals surface area contributed by atoms with Crippen LogP contribution in [0.5, 0.6) is 5.75 Å². The normalized spacial score (nSPS) is 12.0. The van der Waals surface area contributed by atoms with E-state index in [9.17, 15) is 19.5 Å². The van der Waals surface area contributed by atoms with Gasteiger partial charge in [0.15, 0.2) is 0 Å². The standard InChI is InChI=1S/C31H31N3O5/c1-31(2,3)24-13-11-22(12-14-24)28(35)32-27(29(36)37)19-20-5-15-25(16-6-20)39-30(38)23-9-7-21(8-10-23)26-17-18-34(4)33-26/h5-18,27H,19H2,1-4H3,(H,32,35)(H,36,37). The fraction of sp³-hybridized carbons (Fsp3) is 0.226. The van der Waals surface area contributed by atoms with Gasteiger partial charge in [-0.05, 0) is 59.0 Å². The van der Waals surface area contributed by atoms with E-state index in [1.165, 1.54) is 0 Å².